The van der Waals surface area contributed by atoms with Gasteiger partial charge in [-0.15, -0.1) is 0 Å². The molecule has 2 N–H and O–H groups in total. The van der Waals surface area contributed by atoms with Crippen LogP contribution in [0, 0.1) is 3.57 Å². The van der Waals surface area contributed by atoms with Gasteiger partial charge in [0.05, 0.1) is 5.39 Å². The van der Waals surface area contributed by atoms with Crippen LogP contribution >= 0.6 is 22.6 Å². The van der Waals surface area contributed by atoms with Crippen molar-refractivity contribution in [3.05, 3.63) is 51.4 Å². The van der Waals surface area contributed by atoms with Crippen LogP contribution in [-0.4, -0.2) is 16.5 Å². The summed E-state index contributed by atoms with van der Waals surface area (Å²) < 4.78 is 7.22. The number of hydrogen-bond donors (Lipinski definition) is 2. The van der Waals surface area contributed by atoms with Crippen LogP contribution in [-0.2, 0) is 13.0 Å². The normalized spacial score (nSPS) is 14.1. The zero-order valence-electron chi connectivity index (χ0n) is 11.3. The number of nitrogens with one attached hydrogen (secondary N) is 2. The molecule has 1 aliphatic rings. The third-order valence-electron chi connectivity index (χ3n) is 3.78. The lowest BCUT2D eigenvalue weighted by atomic mass is 10.0. The van der Waals surface area contributed by atoms with Crippen molar-refractivity contribution in [3.63, 3.8) is 0 Å². The summed E-state index contributed by atoms with van der Waals surface area (Å²) in [5, 5.41) is 4.43. The first kappa shape index (κ1) is 13.1. The Morgan fingerprint density at radius 3 is 3.10 bits per heavy atom. The molecule has 0 amide bonds. The Bertz CT molecular complexity index is 812. The van der Waals surface area contributed by atoms with Gasteiger partial charge in [0, 0.05) is 22.5 Å². The second-order valence-corrected chi connectivity index (χ2v) is 6.29. The van der Waals surface area contributed by atoms with E-state index in [-0.39, 0.29) is 0 Å². The minimum absolute atomic E-state index is 0.842. The van der Waals surface area contributed by atoms with Gasteiger partial charge in [-0.3, -0.25) is 0 Å². The van der Waals surface area contributed by atoms with Gasteiger partial charge in [0.1, 0.15) is 17.1 Å². The Kier molecular flexibility index (Phi) is 3.31. The molecule has 0 bridgehead atoms. The maximum absolute atomic E-state index is 6.10. The molecular formula is C16H14IN3O. The number of nitrogens with zero attached hydrogens (tertiary/aromatic N) is 1. The molecule has 1 aromatic carbocycles. The maximum atomic E-state index is 6.10. The molecule has 106 valence electrons. The molecule has 4 rings (SSSR count). The van der Waals surface area contributed by atoms with Crippen molar-refractivity contribution in [3.8, 4) is 11.5 Å². The van der Waals surface area contributed by atoms with Crippen LogP contribution in [0.5, 0.6) is 11.5 Å². The fourth-order valence-electron chi connectivity index (χ4n) is 2.72. The van der Waals surface area contributed by atoms with E-state index >= 15 is 0 Å². The molecule has 5 heteroatoms. The van der Waals surface area contributed by atoms with E-state index in [1.807, 2.05) is 12.3 Å². The summed E-state index contributed by atoms with van der Waals surface area (Å²) in [6, 6.07) is 8.27. The number of halogens is 1. The van der Waals surface area contributed by atoms with Crippen LogP contribution < -0.4 is 10.1 Å². The second-order valence-electron chi connectivity index (χ2n) is 5.13. The van der Waals surface area contributed by atoms with Gasteiger partial charge < -0.3 is 15.0 Å². The summed E-state index contributed by atoms with van der Waals surface area (Å²) in [4.78, 5) is 7.48. The van der Waals surface area contributed by atoms with E-state index in [4.69, 9.17) is 4.74 Å². The fraction of sp³-hybridized carbons (Fsp3) is 0.188. The van der Waals surface area contributed by atoms with Crippen LogP contribution in [0.1, 0.15) is 11.1 Å². The van der Waals surface area contributed by atoms with Crippen LogP contribution in [0.15, 0.2) is 36.7 Å². The summed E-state index contributed by atoms with van der Waals surface area (Å²) in [5.74, 6) is 1.72. The third-order valence-corrected chi connectivity index (χ3v) is 4.63. The molecule has 0 fully saturated rings. The van der Waals surface area contributed by atoms with Gasteiger partial charge in [-0.25, -0.2) is 4.98 Å². The van der Waals surface area contributed by atoms with E-state index < -0.39 is 0 Å². The summed E-state index contributed by atoms with van der Waals surface area (Å²) in [6.45, 7) is 1.97. The molecule has 0 unspecified atom stereocenters. The molecule has 2 aromatic heterocycles. The predicted molar refractivity (Wildman–Crippen MR) is 90.7 cm³/mol. The summed E-state index contributed by atoms with van der Waals surface area (Å²) in [7, 11) is 0. The van der Waals surface area contributed by atoms with Crippen molar-refractivity contribution in [2.75, 3.05) is 6.54 Å². The number of fused-ring (bicyclic) bond motifs is 2. The highest BCUT2D eigenvalue weighted by atomic mass is 127. The van der Waals surface area contributed by atoms with Crippen molar-refractivity contribution in [1.29, 1.82) is 0 Å². The van der Waals surface area contributed by atoms with Crippen molar-refractivity contribution < 1.29 is 4.74 Å². The van der Waals surface area contributed by atoms with Crippen LogP contribution in [0.25, 0.3) is 11.0 Å². The number of hydrogen-bond acceptors (Lipinski definition) is 3. The van der Waals surface area contributed by atoms with E-state index in [9.17, 15) is 0 Å². The Hall–Kier alpha value is -1.60. The number of pyridine rings is 1. The minimum Gasteiger partial charge on any atom is -0.456 e. The SMILES string of the molecule is Ic1c[nH]c2nccc(Oc3ccc4c(c3)CNCC4)c12. The first-order valence-electron chi connectivity index (χ1n) is 6.93. The summed E-state index contributed by atoms with van der Waals surface area (Å²) >= 11 is 2.29. The topological polar surface area (TPSA) is 49.9 Å². The molecule has 21 heavy (non-hydrogen) atoms. The molecule has 0 aliphatic carbocycles. The standard InChI is InChI=1S/C16H14IN3O/c17-13-9-20-16-15(13)14(4-6-19-16)21-12-2-1-10-3-5-18-8-11(10)7-12/h1-2,4,6-7,9,18H,3,5,8H2,(H,19,20). The molecule has 0 spiro atoms. The fourth-order valence-corrected chi connectivity index (χ4v) is 3.40. The van der Waals surface area contributed by atoms with Crippen molar-refractivity contribution >= 4 is 33.6 Å². The largest absolute Gasteiger partial charge is 0.456 e. The quantitative estimate of drug-likeness (QED) is 0.657. The van der Waals surface area contributed by atoms with Gasteiger partial charge in [0.2, 0.25) is 0 Å². The molecule has 3 aromatic rings. The number of aromatic nitrogens is 2. The first-order chi connectivity index (χ1) is 10.3. The summed E-state index contributed by atoms with van der Waals surface area (Å²) in [6.07, 6.45) is 4.80. The Morgan fingerprint density at radius 1 is 1.19 bits per heavy atom. The van der Waals surface area contributed by atoms with Crippen molar-refractivity contribution in [2.24, 2.45) is 0 Å². The lowest BCUT2D eigenvalue weighted by Crippen LogP contribution is -2.23. The third kappa shape index (κ3) is 2.40. The van der Waals surface area contributed by atoms with E-state index in [1.165, 1.54) is 11.1 Å². The Morgan fingerprint density at radius 2 is 2.14 bits per heavy atom. The van der Waals surface area contributed by atoms with E-state index in [2.05, 4.69) is 56.1 Å². The lowest BCUT2D eigenvalue weighted by Gasteiger charge is -2.18. The molecule has 4 nitrogen and oxygen atoms in total. The predicted octanol–water partition coefficient (Wildman–Crippen LogP) is 3.61. The van der Waals surface area contributed by atoms with Crippen LogP contribution in [0.2, 0.25) is 0 Å². The zero-order valence-corrected chi connectivity index (χ0v) is 13.5. The van der Waals surface area contributed by atoms with Crippen LogP contribution in [0.3, 0.4) is 0 Å². The smallest absolute Gasteiger partial charge is 0.142 e. The van der Waals surface area contributed by atoms with E-state index in [0.717, 1.165) is 45.6 Å². The van der Waals surface area contributed by atoms with Crippen LogP contribution in [0.4, 0.5) is 0 Å². The monoisotopic (exact) mass is 391 g/mol. The van der Waals surface area contributed by atoms with Gasteiger partial charge in [-0.05, 0) is 64.9 Å². The average molecular weight is 391 g/mol. The molecule has 1 aliphatic heterocycles. The van der Waals surface area contributed by atoms with Gasteiger partial charge in [-0.1, -0.05) is 6.07 Å². The molecule has 3 heterocycles. The highest BCUT2D eigenvalue weighted by Gasteiger charge is 2.12. The molecule has 0 radical (unpaired) electrons. The van der Waals surface area contributed by atoms with Gasteiger partial charge >= 0.3 is 0 Å². The first-order valence-corrected chi connectivity index (χ1v) is 8.01. The van der Waals surface area contributed by atoms with Gasteiger partial charge in [0.15, 0.2) is 0 Å². The summed E-state index contributed by atoms with van der Waals surface area (Å²) in [5.41, 5.74) is 3.60. The number of H-pyrrole nitrogens is 1. The van der Waals surface area contributed by atoms with Crippen molar-refractivity contribution in [2.45, 2.75) is 13.0 Å². The van der Waals surface area contributed by atoms with Gasteiger partial charge in [-0.2, -0.15) is 0 Å². The Labute approximate surface area is 136 Å². The molecule has 0 saturated carbocycles. The molecular weight excluding hydrogens is 377 g/mol. The molecule has 0 saturated heterocycles. The molecule has 0 atom stereocenters. The van der Waals surface area contributed by atoms with Gasteiger partial charge in [0.25, 0.3) is 0 Å². The van der Waals surface area contributed by atoms with E-state index in [0.29, 0.717) is 0 Å². The maximum Gasteiger partial charge on any atom is 0.142 e. The van der Waals surface area contributed by atoms with Crippen molar-refractivity contribution in [1.82, 2.24) is 15.3 Å². The van der Waals surface area contributed by atoms with E-state index in [1.54, 1.807) is 6.20 Å². The lowest BCUT2D eigenvalue weighted by molar-refractivity contribution is 0.485. The number of aromatic amines is 1. The number of ether oxygens (including phenoxy) is 1. The number of benzene rings is 1. The Balaban J connectivity index is 1.73. The average Bonchev–Trinajstić information content (AvgIpc) is 2.90. The number of rotatable bonds is 2. The second kappa shape index (κ2) is 5.31. The highest BCUT2D eigenvalue weighted by molar-refractivity contribution is 14.1. The zero-order chi connectivity index (χ0) is 14.2. The highest BCUT2D eigenvalue weighted by Crippen LogP contribution is 2.32. The minimum atomic E-state index is 0.842.